The zero-order chi connectivity index (χ0) is 7.90. The molecule has 0 aliphatic carbocycles. The van der Waals surface area contributed by atoms with E-state index in [9.17, 15) is 0 Å². The Morgan fingerprint density at radius 1 is 1.55 bits per heavy atom. The van der Waals surface area contributed by atoms with E-state index in [0.717, 1.165) is 26.2 Å². The van der Waals surface area contributed by atoms with E-state index < -0.39 is 0 Å². The Morgan fingerprint density at radius 2 is 2.36 bits per heavy atom. The molecular formula is C8H16N2O. The van der Waals surface area contributed by atoms with Crippen molar-refractivity contribution in [3.8, 4) is 0 Å². The lowest BCUT2D eigenvalue weighted by molar-refractivity contribution is -0.0558. The Kier molecular flexibility index (Phi) is 1.67. The highest BCUT2D eigenvalue weighted by molar-refractivity contribution is 4.90. The fourth-order valence-corrected chi connectivity index (χ4v) is 2.00. The molecule has 0 radical (unpaired) electrons. The third-order valence-corrected chi connectivity index (χ3v) is 2.67. The second kappa shape index (κ2) is 2.44. The van der Waals surface area contributed by atoms with Crippen molar-refractivity contribution >= 4 is 0 Å². The van der Waals surface area contributed by atoms with Crippen LogP contribution >= 0.6 is 0 Å². The van der Waals surface area contributed by atoms with Crippen molar-refractivity contribution in [2.75, 3.05) is 26.2 Å². The summed E-state index contributed by atoms with van der Waals surface area (Å²) in [5.74, 6) is 0. The van der Waals surface area contributed by atoms with Gasteiger partial charge in [-0.2, -0.15) is 0 Å². The molecule has 0 aromatic heterocycles. The van der Waals surface area contributed by atoms with Gasteiger partial charge in [0.2, 0.25) is 0 Å². The number of piperazine rings is 1. The summed E-state index contributed by atoms with van der Waals surface area (Å²) in [5, 5.41) is 3.37. The summed E-state index contributed by atoms with van der Waals surface area (Å²) in [6.07, 6.45) is 0. The molecule has 0 aromatic carbocycles. The van der Waals surface area contributed by atoms with Gasteiger partial charge in [-0.1, -0.05) is 0 Å². The lowest BCUT2D eigenvalue weighted by Crippen LogP contribution is -2.54. The number of ether oxygens (including phenoxy) is 1. The first-order chi connectivity index (χ1) is 5.20. The Balaban J connectivity index is 2.10. The first-order valence-electron chi connectivity index (χ1n) is 4.31. The average molecular weight is 156 g/mol. The molecular weight excluding hydrogens is 140 g/mol. The molecule has 2 saturated heterocycles. The summed E-state index contributed by atoms with van der Waals surface area (Å²) in [4.78, 5) is 2.45. The molecule has 1 atom stereocenters. The molecule has 0 unspecified atom stereocenters. The van der Waals surface area contributed by atoms with Gasteiger partial charge in [0, 0.05) is 25.7 Å². The second-order valence-electron chi connectivity index (χ2n) is 3.81. The molecule has 2 fully saturated rings. The summed E-state index contributed by atoms with van der Waals surface area (Å²) in [6, 6.07) is 0.610. The van der Waals surface area contributed by atoms with Crippen LogP contribution in [0.25, 0.3) is 0 Å². The van der Waals surface area contributed by atoms with E-state index in [2.05, 4.69) is 24.1 Å². The first kappa shape index (κ1) is 7.53. The monoisotopic (exact) mass is 156 g/mol. The van der Waals surface area contributed by atoms with Gasteiger partial charge < -0.3 is 10.1 Å². The highest BCUT2D eigenvalue weighted by Gasteiger charge is 2.41. The minimum Gasteiger partial charge on any atom is -0.359 e. The van der Waals surface area contributed by atoms with Crippen LogP contribution in [0.15, 0.2) is 0 Å². The van der Waals surface area contributed by atoms with Gasteiger partial charge in [0.15, 0.2) is 0 Å². The van der Waals surface area contributed by atoms with Crippen LogP contribution in [0.2, 0.25) is 0 Å². The maximum atomic E-state index is 5.67. The standard InChI is InChI=1S/C8H16N2O/c1-8(2)10-4-3-9-5-7(10)6-11-8/h7,9H,3-6H2,1-2H3/t7-/m1/s1. The van der Waals surface area contributed by atoms with E-state index in [-0.39, 0.29) is 5.72 Å². The third-order valence-electron chi connectivity index (χ3n) is 2.67. The van der Waals surface area contributed by atoms with Gasteiger partial charge in [-0.3, -0.25) is 4.90 Å². The predicted molar refractivity (Wildman–Crippen MR) is 43.4 cm³/mol. The summed E-state index contributed by atoms with van der Waals surface area (Å²) in [5.41, 5.74) is -0.0211. The van der Waals surface area contributed by atoms with Crippen molar-refractivity contribution in [1.29, 1.82) is 0 Å². The molecule has 0 saturated carbocycles. The highest BCUT2D eigenvalue weighted by atomic mass is 16.5. The van der Waals surface area contributed by atoms with Gasteiger partial charge in [0.1, 0.15) is 5.72 Å². The molecule has 0 amide bonds. The number of nitrogens with zero attached hydrogens (tertiary/aromatic N) is 1. The minimum atomic E-state index is -0.0211. The maximum Gasteiger partial charge on any atom is 0.116 e. The van der Waals surface area contributed by atoms with Crippen molar-refractivity contribution in [2.24, 2.45) is 0 Å². The zero-order valence-corrected chi connectivity index (χ0v) is 7.26. The van der Waals surface area contributed by atoms with Crippen LogP contribution in [0, 0.1) is 0 Å². The van der Waals surface area contributed by atoms with Gasteiger partial charge >= 0.3 is 0 Å². The lowest BCUT2D eigenvalue weighted by atomic mass is 10.1. The SMILES string of the molecule is CC1(C)OC[C@H]2CNCCN21. The molecule has 0 spiro atoms. The molecule has 2 aliphatic rings. The van der Waals surface area contributed by atoms with Crippen molar-refractivity contribution in [1.82, 2.24) is 10.2 Å². The molecule has 1 N–H and O–H groups in total. The summed E-state index contributed by atoms with van der Waals surface area (Å²) in [6.45, 7) is 8.50. The zero-order valence-electron chi connectivity index (χ0n) is 7.26. The molecule has 3 heteroatoms. The highest BCUT2D eigenvalue weighted by Crippen LogP contribution is 2.27. The van der Waals surface area contributed by atoms with Crippen LogP contribution in [-0.4, -0.2) is 42.9 Å². The number of hydrogen-bond acceptors (Lipinski definition) is 3. The summed E-state index contributed by atoms with van der Waals surface area (Å²) in [7, 11) is 0. The fourth-order valence-electron chi connectivity index (χ4n) is 2.00. The first-order valence-corrected chi connectivity index (χ1v) is 4.31. The minimum absolute atomic E-state index is 0.0211. The van der Waals surface area contributed by atoms with Gasteiger partial charge in [0.05, 0.1) is 6.61 Å². The Bertz CT molecular complexity index is 158. The lowest BCUT2D eigenvalue weighted by Gasteiger charge is -2.36. The molecule has 64 valence electrons. The average Bonchev–Trinajstić information content (AvgIpc) is 2.29. The van der Waals surface area contributed by atoms with Gasteiger partial charge in [-0.15, -0.1) is 0 Å². The van der Waals surface area contributed by atoms with E-state index in [1.807, 2.05) is 0 Å². The van der Waals surface area contributed by atoms with Crippen LogP contribution in [-0.2, 0) is 4.74 Å². The number of nitrogens with one attached hydrogen (secondary N) is 1. The summed E-state index contributed by atoms with van der Waals surface area (Å²) < 4.78 is 5.67. The second-order valence-corrected chi connectivity index (χ2v) is 3.81. The van der Waals surface area contributed by atoms with Crippen molar-refractivity contribution in [3.05, 3.63) is 0 Å². The van der Waals surface area contributed by atoms with Gasteiger partial charge in [-0.05, 0) is 13.8 Å². The van der Waals surface area contributed by atoms with Crippen molar-refractivity contribution < 1.29 is 4.74 Å². The Labute approximate surface area is 67.7 Å². The number of fused-ring (bicyclic) bond motifs is 1. The van der Waals surface area contributed by atoms with Gasteiger partial charge in [-0.25, -0.2) is 0 Å². The van der Waals surface area contributed by atoms with E-state index in [4.69, 9.17) is 4.74 Å². The van der Waals surface area contributed by atoms with Crippen LogP contribution in [0.1, 0.15) is 13.8 Å². The van der Waals surface area contributed by atoms with Crippen LogP contribution in [0.3, 0.4) is 0 Å². The quantitative estimate of drug-likeness (QED) is 0.535. The molecule has 2 aliphatic heterocycles. The Hall–Kier alpha value is -0.120. The molecule has 0 bridgehead atoms. The van der Waals surface area contributed by atoms with Crippen LogP contribution in [0.4, 0.5) is 0 Å². The Morgan fingerprint density at radius 3 is 3.09 bits per heavy atom. The third kappa shape index (κ3) is 1.17. The molecule has 0 aromatic rings. The number of rotatable bonds is 0. The van der Waals surface area contributed by atoms with Crippen LogP contribution < -0.4 is 5.32 Å². The number of hydrogen-bond donors (Lipinski definition) is 1. The maximum absolute atomic E-state index is 5.67. The van der Waals surface area contributed by atoms with E-state index in [1.54, 1.807) is 0 Å². The summed E-state index contributed by atoms with van der Waals surface area (Å²) >= 11 is 0. The normalized spacial score (nSPS) is 37.1. The van der Waals surface area contributed by atoms with Crippen molar-refractivity contribution in [2.45, 2.75) is 25.6 Å². The predicted octanol–water partition coefficient (Wildman–Crippen LogP) is 0.0265. The smallest absolute Gasteiger partial charge is 0.116 e. The van der Waals surface area contributed by atoms with Crippen LogP contribution in [0.5, 0.6) is 0 Å². The molecule has 2 heterocycles. The van der Waals surface area contributed by atoms with E-state index >= 15 is 0 Å². The molecule has 2 rings (SSSR count). The van der Waals surface area contributed by atoms with Crippen molar-refractivity contribution in [3.63, 3.8) is 0 Å². The fraction of sp³-hybridized carbons (Fsp3) is 1.00. The van der Waals surface area contributed by atoms with E-state index in [1.165, 1.54) is 0 Å². The molecule has 3 nitrogen and oxygen atoms in total. The topological polar surface area (TPSA) is 24.5 Å². The molecule has 11 heavy (non-hydrogen) atoms. The largest absolute Gasteiger partial charge is 0.359 e. The van der Waals surface area contributed by atoms with Gasteiger partial charge in [0.25, 0.3) is 0 Å². The van der Waals surface area contributed by atoms with E-state index in [0.29, 0.717) is 6.04 Å².